The van der Waals surface area contributed by atoms with E-state index in [0.29, 0.717) is 11.6 Å². The van der Waals surface area contributed by atoms with Crippen molar-refractivity contribution in [2.45, 2.75) is 39.0 Å². The summed E-state index contributed by atoms with van der Waals surface area (Å²) in [5.41, 5.74) is 2.29. The third kappa shape index (κ3) is 3.52. The molecule has 92 valence electrons. The molecule has 17 heavy (non-hydrogen) atoms. The van der Waals surface area contributed by atoms with E-state index in [1.807, 2.05) is 19.1 Å². The van der Waals surface area contributed by atoms with E-state index in [-0.39, 0.29) is 0 Å². The Balaban J connectivity index is 2.97. The molecule has 2 heteroatoms. The highest BCUT2D eigenvalue weighted by atomic mass is 16.3. The van der Waals surface area contributed by atoms with E-state index in [1.165, 1.54) is 38.2 Å². The maximum absolute atomic E-state index is 10.8. The molecule has 1 aliphatic carbocycles. The summed E-state index contributed by atoms with van der Waals surface area (Å²) < 4.78 is 0. The molecule has 0 atom stereocenters. The van der Waals surface area contributed by atoms with Gasteiger partial charge in [-0.2, -0.15) is 0 Å². The number of allylic oxidation sites excluding steroid dienone is 5. The number of rotatable bonds is 5. The minimum Gasteiger partial charge on any atom is -0.145 e. The lowest BCUT2D eigenvalue weighted by atomic mass is 9.81. The summed E-state index contributed by atoms with van der Waals surface area (Å²) in [6.45, 7) is 9.72. The van der Waals surface area contributed by atoms with E-state index >= 15 is 0 Å². The number of hydrogen-bond acceptors (Lipinski definition) is 2. The Morgan fingerprint density at radius 3 is 2.41 bits per heavy atom. The second-order valence-electron chi connectivity index (χ2n) is 4.45. The number of hydrogen-bond donors (Lipinski definition) is 0. The second kappa shape index (κ2) is 7.00. The van der Waals surface area contributed by atoms with E-state index < -0.39 is 0 Å². The summed E-state index contributed by atoms with van der Waals surface area (Å²) in [5.74, 6) is 0.492. The zero-order valence-electron chi connectivity index (χ0n) is 10.6. The Hall–Kier alpha value is -1.44. The van der Waals surface area contributed by atoms with Gasteiger partial charge in [-0.1, -0.05) is 44.6 Å². The predicted octanol–water partition coefficient (Wildman–Crippen LogP) is 4.91. The van der Waals surface area contributed by atoms with E-state index in [4.69, 9.17) is 0 Å². The number of nitrogens with zero attached hydrogens (tertiary/aromatic N) is 1. The minimum atomic E-state index is 0.402. The van der Waals surface area contributed by atoms with Gasteiger partial charge in [-0.15, -0.1) is 4.91 Å². The van der Waals surface area contributed by atoms with Crippen LogP contribution in [-0.2, 0) is 0 Å². The maximum Gasteiger partial charge on any atom is 0.114 e. The van der Waals surface area contributed by atoms with Gasteiger partial charge in [0, 0.05) is 5.57 Å². The molecule has 0 spiro atoms. The molecule has 0 aliphatic heterocycles. The van der Waals surface area contributed by atoms with Crippen molar-refractivity contribution in [2.24, 2.45) is 11.1 Å². The highest BCUT2D eigenvalue weighted by Gasteiger charge is 2.19. The van der Waals surface area contributed by atoms with Gasteiger partial charge >= 0.3 is 0 Å². The van der Waals surface area contributed by atoms with Crippen LogP contribution in [0.3, 0.4) is 0 Å². The molecule has 0 bridgehead atoms. The Morgan fingerprint density at radius 1 is 1.29 bits per heavy atom. The molecule has 0 aromatic carbocycles. The van der Waals surface area contributed by atoms with Crippen molar-refractivity contribution in [3.05, 3.63) is 53.1 Å². The summed E-state index contributed by atoms with van der Waals surface area (Å²) >= 11 is 0. The van der Waals surface area contributed by atoms with Gasteiger partial charge < -0.3 is 0 Å². The molecule has 1 rings (SSSR count). The Morgan fingerprint density at radius 2 is 1.94 bits per heavy atom. The van der Waals surface area contributed by atoms with Crippen LogP contribution in [0.5, 0.6) is 0 Å². The fourth-order valence-corrected chi connectivity index (χ4v) is 2.39. The third-order valence-corrected chi connectivity index (χ3v) is 3.34. The molecule has 0 heterocycles. The first-order valence-corrected chi connectivity index (χ1v) is 6.26. The van der Waals surface area contributed by atoms with Gasteiger partial charge in [0.2, 0.25) is 0 Å². The topological polar surface area (TPSA) is 29.4 Å². The zero-order chi connectivity index (χ0) is 12.7. The van der Waals surface area contributed by atoms with E-state index in [2.05, 4.69) is 18.3 Å². The van der Waals surface area contributed by atoms with Gasteiger partial charge in [0.05, 0.1) is 0 Å². The second-order valence-corrected chi connectivity index (χ2v) is 4.45. The Bertz CT molecular complexity index is 347. The summed E-state index contributed by atoms with van der Waals surface area (Å²) in [6.07, 6.45) is 11.5. The van der Waals surface area contributed by atoms with E-state index in [9.17, 15) is 4.91 Å². The summed E-state index contributed by atoms with van der Waals surface area (Å²) in [4.78, 5) is 10.8. The van der Waals surface area contributed by atoms with Crippen LogP contribution in [0.2, 0.25) is 0 Å². The van der Waals surface area contributed by atoms with Gasteiger partial charge in [0.25, 0.3) is 0 Å². The fourth-order valence-electron chi connectivity index (χ4n) is 2.39. The van der Waals surface area contributed by atoms with Crippen molar-refractivity contribution in [1.82, 2.24) is 0 Å². The van der Waals surface area contributed by atoms with Crippen molar-refractivity contribution < 1.29 is 0 Å². The predicted molar refractivity (Wildman–Crippen MR) is 73.5 cm³/mol. The first kappa shape index (κ1) is 13.6. The highest BCUT2D eigenvalue weighted by molar-refractivity contribution is 5.46. The van der Waals surface area contributed by atoms with Crippen LogP contribution < -0.4 is 0 Å². The van der Waals surface area contributed by atoms with Gasteiger partial charge in [-0.25, -0.2) is 0 Å². The molecule has 0 aromatic heterocycles. The van der Waals surface area contributed by atoms with Crippen LogP contribution in [0.4, 0.5) is 0 Å². The van der Waals surface area contributed by atoms with E-state index in [1.54, 1.807) is 0 Å². The molecular formula is C15H21NO. The first-order chi connectivity index (χ1) is 8.24. The zero-order valence-corrected chi connectivity index (χ0v) is 10.6. The Kier molecular flexibility index (Phi) is 5.61. The summed E-state index contributed by atoms with van der Waals surface area (Å²) in [7, 11) is 0. The van der Waals surface area contributed by atoms with Crippen LogP contribution in [0.15, 0.2) is 53.4 Å². The van der Waals surface area contributed by atoms with Crippen LogP contribution in [0.25, 0.3) is 0 Å². The molecule has 1 saturated carbocycles. The van der Waals surface area contributed by atoms with Crippen LogP contribution >= 0.6 is 0 Å². The van der Waals surface area contributed by atoms with E-state index in [0.717, 1.165) is 11.1 Å². The SMILES string of the molecule is C=C/C(N=O)=C(\C=C/C)C(=C)C1CCCCC1. The van der Waals surface area contributed by atoms with Gasteiger partial charge in [0.1, 0.15) is 5.70 Å². The summed E-state index contributed by atoms with van der Waals surface area (Å²) in [6, 6.07) is 0. The molecule has 0 aromatic rings. The van der Waals surface area contributed by atoms with Gasteiger partial charge in [0.15, 0.2) is 0 Å². The first-order valence-electron chi connectivity index (χ1n) is 6.26. The monoisotopic (exact) mass is 231 g/mol. The molecule has 0 unspecified atom stereocenters. The number of nitroso groups, excluding NO2 is 1. The molecule has 0 amide bonds. The lowest BCUT2D eigenvalue weighted by Crippen LogP contribution is -2.10. The average molecular weight is 231 g/mol. The van der Waals surface area contributed by atoms with Gasteiger partial charge in [-0.3, -0.25) is 0 Å². The van der Waals surface area contributed by atoms with Crippen molar-refractivity contribution >= 4 is 0 Å². The molecule has 1 aliphatic rings. The summed E-state index contributed by atoms with van der Waals surface area (Å²) in [5, 5.41) is 3.04. The van der Waals surface area contributed by atoms with Crippen molar-refractivity contribution in [3.8, 4) is 0 Å². The quantitative estimate of drug-likeness (QED) is 0.488. The molecular weight excluding hydrogens is 210 g/mol. The lowest BCUT2D eigenvalue weighted by molar-refractivity contribution is 0.407. The van der Waals surface area contributed by atoms with Crippen LogP contribution in [0.1, 0.15) is 39.0 Å². The van der Waals surface area contributed by atoms with Crippen molar-refractivity contribution in [1.29, 1.82) is 0 Å². The van der Waals surface area contributed by atoms with Gasteiger partial charge in [-0.05, 0) is 42.5 Å². The Labute approximate surface area is 104 Å². The molecule has 1 fully saturated rings. The highest BCUT2D eigenvalue weighted by Crippen LogP contribution is 2.34. The maximum atomic E-state index is 10.8. The minimum absolute atomic E-state index is 0.402. The van der Waals surface area contributed by atoms with Crippen molar-refractivity contribution in [2.75, 3.05) is 0 Å². The lowest BCUT2D eigenvalue weighted by Gasteiger charge is -2.24. The van der Waals surface area contributed by atoms with Crippen LogP contribution in [0, 0.1) is 10.8 Å². The normalized spacial score (nSPS) is 18.9. The van der Waals surface area contributed by atoms with Crippen molar-refractivity contribution in [3.63, 3.8) is 0 Å². The fraction of sp³-hybridized carbons (Fsp3) is 0.467. The van der Waals surface area contributed by atoms with Crippen LogP contribution in [-0.4, -0.2) is 0 Å². The largest absolute Gasteiger partial charge is 0.145 e. The molecule has 0 radical (unpaired) electrons. The third-order valence-electron chi connectivity index (χ3n) is 3.34. The standard InChI is InChI=1S/C15H21NO/c1-4-9-14(15(5-2)16-17)12(3)13-10-7-6-8-11-13/h4-5,9,13H,2-3,6-8,10-11H2,1H3/b9-4-,15-14-. The smallest absolute Gasteiger partial charge is 0.114 e. The average Bonchev–Trinajstić information content (AvgIpc) is 2.39. The molecule has 0 saturated heterocycles. The molecule has 0 N–H and O–H groups in total. The molecule has 2 nitrogen and oxygen atoms in total.